The van der Waals surface area contributed by atoms with Crippen molar-refractivity contribution < 1.29 is 14.3 Å². The molecule has 6 nitrogen and oxygen atoms in total. The number of benzene rings is 2. The molecule has 1 atom stereocenters. The number of amides is 1. The fraction of sp³-hybridized carbons (Fsp3) is 0.261. The van der Waals surface area contributed by atoms with Crippen LogP contribution in [0.15, 0.2) is 59.4 Å². The van der Waals surface area contributed by atoms with E-state index in [1.807, 2.05) is 13.8 Å². The van der Waals surface area contributed by atoms with E-state index in [1.54, 1.807) is 24.3 Å². The van der Waals surface area contributed by atoms with Crippen LogP contribution in [0.1, 0.15) is 30.6 Å². The lowest BCUT2D eigenvalue weighted by Gasteiger charge is -2.18. The molecule has 1 aromatic heterocycles. The lowest BCUT2D eigenvalue weighted by atomic mass is 10.0. The number of rotatable bonds is 7. The van der Waals surface area contributed by atoms with E-state index in [4.69, 9.17) is 11.6 Å². The average Bonchev–Trinajstić information content (AvgIpc) is 2.73. The Morgan fingerprint density at radius 1 is 1.19 bits per heavy atom. The van der Waals surface area contributed by atoms with Crippen LogP contribution < -0.4 is 10.9 Å². The monoisotopic (exact) mass is 443 g/mol. The molecule has 0 radical (unpaired) electrons. The van der Waals surface area contributed by atoms with E-state index in [-0.39, 0.29) is 23.8 Å². The van der Waals surface area contributed by atoms with Crippen LogP contribution in [0.3, 0.4) is 0 Å². The summed E-state index contributed by atoms with van der Waals surface area (Å²) >= 11 is 5.96. The Morgan fingerprint density at radius 3 is 2.52 bits per heavy atom. The maximum Gasteiger partial charge on any atom is 0.284 e. The normalized spacial score (nSPS) is 12.1. The molecule has 0 spiro atoms. The van der Waals surface area contributed by atoms with Crippen LogP contribution in [0, 0.1) is 11.7 Å². The second-order valence-corrected chi connectivity index (χ2v) is 8.07. The van der Waals surface area contributed by atoms with Gasteiger partial charge in [0.25, 0.3) is 11.5 Å². The quantitative estimate of drug-likeness (QED) is 0.581. The van der Waals surface area contributed by atoms with E-state index in [2.05, 4.69) is 10.4 Å². The smallest absolute Gasteiger partial charge is 0.284 e. The van der Waals surface area contributed by atoms with Crippen LogP contribution in [-0.4, -0.2) is 33.4 Å². The molecule has 31 heavy (non-hydrogen) atoms. The molecule has 0 unspecified atom stereocenters. The summed E-state index contributed by atoms with van der Waals surface area (Å²) in [5, 5.41) is 17.2. The van der Waals surface area contributed by atoms with Crippen molar-refractivity contribution >= 4 is 17.5 Å². The van der Waals surface area contributed by atoms with Gasteiger partial charge in [-0.2, -0.15) is 9.78 Å². The SMILES string of the molecule is CC(C)C[C@@H](CO)NC(=O)c1cc(-c2ccc(Cl)cc2)nn(-c2cccc(F)c2)c1=O. The first-order valence-corrected chi connectivity index (χ1v) is 10.2. The van der Waals surface area contributed by atoms with Crippen molar-refractivity contribution in [3.05, 3.63) is 81.4 Å². The molecule has 0 aliphatic heterocycles. The molecule has 1 heterocycles. The number of aliphatic hydroxyl groups excluding tert-OH is 1. The number of aliphatic hydroxyl groups is 1. The fourth-order valence-electron chi connectivity index (χ4n) is 3.21. The third kappa shape index (κ3) is 5.57. The van der Waals surface area contributed by atoms with Crippen molar-refractivity contribution in [3.63, 3.8) is 0 Å². The van der Waals surface area contributed by atoms with E-state index >= 15 is 0 Å². The number of nitrogens with one attached hydrogen (secondary N) is 1. The van der Waals surface area contributed by atoms with Crippen molar-refractivity contribution in [1.82, 2.24) is 15.1 Å². The molecule has 0 saturated heterocycles. The molecule has 0 bridgehead atoms. The number of carbonyl (C=O) groups is 1. The number of halogens is 2. The summed E-state index contributed by atoms with van der Waals surface area (Å²) in [5.74, 6) is -0.928. The highest BCUT2D eigenvalue weighted by atomic mass is 35.5. The largest absolute Gasteiger partial charge is 0.394 e. The van der Waals surface area contributed by atoms with Crippen molar-refractivity contribution in [2.24, 2.45) is 5.92 Å². The van der Waals surface area contributed by atoms with Gasteiger partial charge in [-0.05, 0) is 48.7 Å². The van der Waals surface area contributed by atoms with Gasteiger partial charge in [-0.15, -0.1) is 0 Å². The minimum Gasteiger partial charge on any atom is -0.394 e. The summed E-state index contributed by atoms with van der Waals surface area (Å²) in [7, 11) is 0. The van der Waals surface area contributed by atoms with Crippen LogP contribution in [-0.2, 0) is 0 Å². The molecular formula is C23H23ClFN3O3. The lowest BCUT2D eigenvalue weighted by molar-refractivity contribution is 0.0906. The predicted molar refractivity (Wildman–Crippen MR) is 118 cm³/mol. The third-order valence-corrected chi connectivity index (χ3v) is 4.91. The van der Waals surface area contributed by atoms with E-state index in [0.29, 0.717) is 22.7 Å². The Morgan fingerprint density at radius 2 is 1.90 bits per heavy atom. The zero-order valence-electron chi connectivity index (χ0n) is 17.2. The molecule has 2 aromatic carbocycles. The second kappa shape index (κ2) is 9.85. The van der Waals surface area contributed by atoms with Gasteiger partial charge in [0.2, 0.25) is 0 Å². The van der Waals surface area contributed by atoms with Crippen molar-refractivity contribution in [1.29, 1.82) is 0 Å². The van der Waals surface area contributed by atoms with Crippen LogP contribution in [0.4, 0.5) is 4.39 Å². The van der Waals surface area contributed by atoms with Gasteiger partial charge in [0.15, 0.2) is 0 Å². The van der Waals surface area contributed by atoms with Gasteiger partial charge in [-0.1, -0.05) is 43.6 Å². The Bertz CT molecular complexity index is 1130. The minimum atomic E-state index is -0.693. The molecule has 3 rings (SSSR count). The molecule has 162 valence electrons. The van der Waals surface area contributed by atoms with E-state index < -0.39 is 23.3 Å². The number of nitrogens with zero attached hydrogens (tertiary/aromatic N) is 2. The molecule has 0 aliphatic carbocycles. The third-order valence-electron chi connectivity index (χ3n) is 4.66. The number of hydrogen-bond acceptors (Lipinski definition) is 4. The van der Waals surface area contributed by atoms with Gasteiger partial charge >= 0.3 is 0 Å². The maximum atomic E-state index is 13.8. The Kier molecular flexibility index (Phi) is 7.20. The number of carbonyl (C=O) groups excluding carboxylic acids is 1. The number of hydrogen-bond donors (Lipinski definition) is 2. The van der Waals surface area contributed by atoms with Crippen LogP contribution >= 0.6 is 11.6 Å². The predicted octanol–water partition coefficient (Wildman–Crippen LogP) is 3.83. The average molecular weight is 444 g/mol. The van der Waals surface area contributed by atoms with Gasteiger partial charge in [0.05, 0.1) is 24.0 Å². The topological polar surface area (TPSA) is 84.2 Å². The molecule has 1 amide bonds. The van der Waals surface area contributed by atoms with Gasteiger partial charge in [-0.3, -0.25) is 9.59 Å². The molecule has 0 aliphatic rings. The summed E-state index contributed by atoms with van der Waals surface area (Å²) in [6.07, 6.45) is 0.551. The van der Waals surface area contributed by atoms with Crippen molar-refractivity contribution in [2.45, 2.75) is 26.3 Å². The summed E-state index contributed by atoms with van der Waals surface area (Å²) in [4.78, 5) is 26.0. The molecule has 2 N–H and O–H groups in total. The maximum absolute atomic E-state index is 13.8. The Balaban J connectivity index is 2.12. The van der Waals surface area contributed by atoms with Gasteiger partial charge in [0, 0.05) is 10.6 Å². The molecular weight excluding hydrogens is 421 g/mol. The first-order chi connectivity index (χ1) is 14.8. The van der Waals surface area contributed by atoms with Gasteiger partial charge in [0.1, 0.15) is 11.4 Å². The lowest BCUT2D eigenvalue weighted by Crippen LogP contribution is -2.41. The summed E-state index contributed by atoms with van der Waals surface area (Å²) < 4.78 is 14.8. The Labute approximate surface area is 184 Å². The molecule has 0 saturated carbocycles. The van der Waals surface area contributed by atoms with Crippen LogP contribution in [0.2, 0.25) is 5.02 Å². The fourth-order valence-corrected chi connectivity index (χ4v) is 3.34. The first-order valence-electron chi connectivity index (χ1n) is 9.86. The van der Waals surface area contributed by atoms with Gasteiger partial charge in [-0.25, -0.2) is 4.39 Å². The van der Waals surface area contributed by atoms with Crippen molar-refractivity contribution in [3.8, 4) is 16.9 Å². The number of aromatic nitrogens is 2. The van der Waals surface area contributed by atoms with E-state index in [9.17, 15) is 19.1 Å². The molecule has 0 fully saturated rings. The summed E-state index contributed by atoms with van der Waals surface area (Å²) in [6, 6.07) is 13.0. The second-order valence-electron chi connectivity index (χ2n) is 7.63. The van der Waals surface area contributed by atoms with E-state index in [0.717, 1.165) is 10.7 Å². The summed E-state index contributed by atoms with van der Waals surface area (Å²) in [5.41, 5.74) is 0.309. The highest BCUT2D eigenvalue weighted by Gasteiger charge is 2.21. The zero-order chi connectivity index (χ0) is 22.5. The van der Waals surface area contributed by atoms with Crippen LogP contribution in [0.25, 0.3) is 16.9 Å². The highest BCUT2D eigenvalue weighted by Crippen LogP contribution is 2.20. The summed E-state index contributed by atoms with van der Waals surface area (Å²) in [6.45, 7) is 3.69. The first kappa shape index (κ1) is 22.7. The van der Waals surface area contributed by atoms with Crippen molar-refractivity contribution in [2.75, 3.05) is 6.61 Å². The van der Waals surface area contributed by atoms with Gasteiger partial charge < -0.3 is 10.4 Å². The Hall–Kier alpha value is -3.03. The van der Waals surface area contributed by atoms with E-state index in [1.165, 1.54) is 24.3 Å². The van der Waals surface area contributed by atoms with Crippen LogP contribution in [0.5, 0.6) is 0 Å². The zero-order valence-corrected chi connectivity index (χ0v) is 17.9. The molecule has 3 aromatic rings. The highest BCUT2D eigenvalue weighted by molar-refractivity contribution is 6.30. The molecule has 8 heteroatoms. The standard InChI is InChI=1S/C23H23ClFN3O3/c1-14(2)10-18(13-29)26-22(30)20-12-21(15-6-8-16(24)9-7-15)27-28(23(20)31)19-5-3-4-17(25)11-19/h3-9,11-12,14,18,29H,10,13H2,1-2H3,(H,26,30)/t18-/m0/s1. The minimum absolute atomic E-state index is 0.161.